The van der Waals surface area contributed by atoms with Crippen LogP contribution in [0.25, 0.3) is 0 Å². The van der Waals surface area contributed by atoms with E-state index in [9.17, 15) is 4.79 Å². The molecule has 0 aliphatic heterocycles. The van der Waals surface area contributed by atoms with Crippen LogP contribution in [0.4, 0.5) is 0 Å². The van der Waals surface area contributed by atoms with Gasteiger partial charge in [-0.3, -0.25) is 4.79 Å². The number of nitrogens with two attached hydrogens (primary N) is 1. The van der Waals surface area contributed by atoms with Gasteiger partial charge in [-0.25, -0.2) is 0 Å². The van der Waals surface area contributed by atoms with Crippen molar-refractivity contribution in [2.24, 2.45) is 11.7 Å². The van der Waals surface area contributed by atoms with E-state index in [0.717, 1.165) is 18.4 Å². The number of rotatable bonds is 4. The van der Waals surface area contributed by atoms with Crippen LogP contribution >= 0.6 is 12.4 Å². The van der Waals surface area contributed by atoms with Gasteiger partial charge in [0.05, 0.1) is 6.04 Å². The Morgan fingerprint density at radius 1 is 1.24 bits per heavy atom. The first kappa shape index (κ1) is 14.2. The van der Waals surface area contributed by atoms with Crippen LogP contribution in [0.5, 0.6) is 0 Å². The molecule has 2 N–H and O–H groups in total. The van der Waals surface area contributed by atoms with Crippen molar-refractivity contribution in [3.8, 4) is 0 Å². The van der Waals surface area contributed by atoms with E-state index in [-0.39, 0.29) is 30.2 Å². The molecule has 2 nitrogen and oxygen atoms in total. The number of ketones is 1. The standard InChI is InChI=1S/C14H19NO.ClH/c15-13(10-11-6-2-1-3-7-11)14(16)12-8-4-5-9-12;/h1-3,6-7,12-13H,4-5,8-10,15H2;1H. The Balaban J connectivity index is 0.00000144. The maximum atomic E-state index is 12.0. The van der Waals surface area contributed by atoms with Gasteiger partial charge in [0.1, 0.15) is 0 Å². The predicted octanol–water partition coefficient (Wildman–Crippen LogP) is 2.74. The summed E-state index contributed by atoms with van der Waals surface area (Å²) in [6, 6.07) is 9.70. The number of halogens is 1. The van der Waals surface area contributed by atoms with Crippen LogP contribution < -0.4 is 5.73 Å². The lowest BCUT2D eigenvalue weighted by atomic mass is 9.93. The molecule has 3 heteroatoms. The second-order valence-corrected chi connectivity index (χ2v) is 4.68. The maximum Gasteiger partial charge on any atom is 0.152 e. The van der Waals surface area contributed by atoms with Crippen LogP contribution in [0, 0.1) is 5.92 Å². The molecule has 0 amide bonds. The van der Waals surface area contributed by atoms with Crippen LogP contribution in [0.3, 0.4) is 0 Å². The van der Waals surface area contributed by atoms with Gasteiger partial charge in [-0.1, -0.05) is 43.2 Å². The van der Waals surface area contributed by atoms with E-state index in [2.05, 4.69) is 0 Å². The van der Waals surface area contributed by atoms with E-state index < -0.39 is 0 Å². The van der Waals surface area contributed by atoms with Crippen molar-refractivity contribution in [1.82, 2.24) is 0 Å². The summed E-state index contributed by atoms with van der Waals surface area (Å²) in [6.07, 6.45) is 5.14. The first-order chi connectivity index (χ1) is 7.77. The molecule has 0 heterocycles. The van der Waals surface area contributed by atoms with Gasteiger partial charge in [0.25, 0.3) is 0 Å². The van der Waals surface area contributed by atoms with E-state index in [1.165, 1.54) is 12.8 Å². The van der Waals surface area contributed by atoms with E-state index in [1.807, 2.05) is 30.3 Å². The quantitative estimate of drug-likeness (QED) is 0.897. The minimum absolute atomic E-state index is 0. The van der Waals surface area contributed by atoms with Gasteiger partial charge < -0.3 is 5.73 Å². The number of carbonyl (C=O) groups is 1. The van der Waals surface area contributed by atoms with Crippen LogP contribution in [-0.2, 0) is 11.2 Å². The SMILES string of the molecule is Cl.NC(Cc1ccccc1)C(=O)C1CCCC1. The Morgan fingerprint density at radius 3 is 2.41 bits per heavy atom. The Labute approximate surface area is 109 Å². The van der Waals surface area contributed by atoms with Crippen LogP contribution in [0.2, 0.25) is 0 Å². The molecule has 0 radical (unpaired) electrons. The molecule has 1 saturated carbocycles. The summed E-state index contributed by atoms with van der Waals surface area (Å²) < 4.78 is 0. The number of hydrogen-bond acceptors (Lipinski definition) is 2. The highest BCUT2D eigenvalue weighted by Crippen LogP contribution is 2.26. The molecule has 1 fully saturated rings. The zero-order valence-corrected chi connectivity index (χ0v) is 10.8. The number of carbonyl (C=O) groups excluding carboxylic acids is 1. The van der Waals surface area contributed by atoms with Gasteiger partial charge >= 0.3 is 0 Å². The van der Waals surface area contributed by atoms with Crippen molar-refractivity contribution >= 4 is 18.2 Å². The predicted molar refractivity (Wildman–Crippen MR) is 72.3 cm³/mol. The average Bonchev–Trinajstić information content (AvgIpc) is 2.83. The van der Waals surface area contributed by atoms with Gasteiger partial charge in [-0.05, 0) is 24.8 Å². The third-order valence-corrected chi connectivity index (χ3v) is 3.42. The molecule has 1 unspecified atom stereocenters. The van der Waals surface area contributed by atoms with Gasteiger partial charge in [0.2, 0.25) is 0 Å². The molecule has 0 aromatic heterocycles. The fraction of sp³-hybridized carbons (Fsp3) is 0.500. The van der Waals surface area contributed by atoms with Crippen LogP contribution in [0.15, 0.2) is 30.3 Å². The molecule has 1 aromatic carbocycles. The third kappa shape index (κ3) is 3.83. The molecule has 1 aliphatic rings. The molecule has 94 valence electrons. The fourth-order valence-corrected chi connectivity index (χ4v) is 2.48. The highest BCUT2D eigenvalue weighted by molar-refractivity contribution is 5.86. The zero-order valence-electron chi connectivity index (χ0n) is 9.97. The van der Waals surface area contributed by atoms with Crippen molar-refractivity contribution in [1.29, 1.82) is 0 Å². The summed E-state index contributed by atoms with van der Waals surface area (Å²) in [6.45, 7) is 0. The zero-order chi connectivity index (χ0) is 11.4. The Bertz CT molecular complexity index is 346. The lowest BCUT2D eigenvalue weighted by Crippen LogP contribution is -2.36. The topological polar surface area (TPSA) is 43.1 Å². The molecule has 1 aromatic rings. The number of benzene rings is 1. The average molecular weight is 254 g/mol. The minimum Gasteiger partial charge on any atom is -0.321 e. The summed E-state index contributed by atoms with van der Waals surface area (Å²) in [4.78, 5) is 12.0. The molecule has 0 spiro atoms. The number of Topliss-reactive ketones (excluding diaryl/α,β-unsaturated/α-hetero) is 1. The van der Waals surface area contributed by atoms with Crippen molar-refractivity contribution in [2.45, 2.75) is 38.1 Å². The van der Waals surface area contributed by atoms with Crippen molar-refractivity contribution in [3.63, 3.8) is 0 Å². The molecule has 0 bridgehead atoms. The highest BCUT2D eigenvalue weighted by atomic mass is 35.5. The summed E-state index contributed by atoms with van der Waals surface area (Å²) >= 11 is 0. The van der Waals surface area contributed by atoms with Crippen molar-refractivity contribution in [3.05, 3.63) is 35.9 Å². The molecule has 17 heavy (non-hydrogen) atoms. The summed E-state index contributed by atoms with van der Waals surface area (Å²) in [7, 11) is 0. The van der Waals surface area contributed by atoms with E-state index in [0.29, 0.717) is 6.42 Å². The molecule has 1 aliphatic carbocycles. The summed E-state index contributed by atoms with van der Waals surface area (Å²) in [5.41, 5.74) is 7.13. The van der Waals surface area contributed by atoms with E-state index in [1.54, 1.807) is 0 Å². The Hall–Kier alpha value is -0.860. The smallest absolute Gasteiger partial charge is 0.152 e. The van der Waals surface area contributed by atoms with Gasteiger partial charge in [0, 0.05) is 5.92 Å². The van der Waals surface area contributed by atoms with Gasteiger partial charge in [0.15, 0.2) is 5.78 Å². The van der Waals surface area contributed by atoms with Crippen LogP contribution in [0.1, 0.15) is 31.2 Å². The maximum absolute atomic E-state index is 12.0. The summed E-state index contributed by atoms with van der Waals surface area (Å²) in [5, 5.41) is 0. The van der Waals surface area contributed by atoms with Gasteiger partial charge in [-0.2, -0.15) is 0 Å². The fourth-order valence-electron chi connectivity index (χ4n) is 2.48. The largest absolute Gasteiger partial charge is 0.321 e. The van der Waals surface area contributed by atoms with Crippen LogP contribution in [-0.4, -0.2) is 11.8 Å². The minimum atomic E-state index is -0.314. The molecular formula is C14H20ClNO. The monoisotopic (exact) mass is 253 g/mol. The lowest BCUT2D eigenvalue weighted by molar-refractivity contribution is -0.123. The first-order valence-electron chi connectivity index (χ1n) is 6.10. The van der Waals surface area contributed by atoms with E-state index in [4.69, 9.17) is 5.73 Å². The number of hydrogen-bond donors (Lipinski definition) is 1. The molecule has 2 rings (SSSR count). The van der Waals surface area contributed by atoms with E-state index >= 15 is 0 Å². The molecular weight excluding hydrogens is 234 g/mol. The normalized spacial score (nSPS) is 17.5. The summed E-state index contributed by atoms with van der Waals surface area (Å²) in [5.74, 6) is 0.500. The lowest BCUT2D eigenvalue weighted by Gasteiger charge is -2.15. The Morgan fingerprint density at radius 2 is 1.82 bits per heavy atom. The molecule has 0 saturated heterocycles. The third-order valence-electron chi connectivity index (χ3n) is 3.42. The van der Waals surface area contributed by atoms with Crippen molar-refractivity contribution < 1.29 is 4.79 Å². The second kappa shape index (κ2) is 6.77. The van der Waals surface area contributed by atoms with Gasteiger partial charge in [-0.15, -0.1) is 12.4 Å². The first-order valence-corrected chi connectivity index (χ1v) is 6.10. The Kier molecular flexibility index (Phi) is 5.66. The highest BCUT2D eigenvalue weighted by Gasteiger charge is 2.26. The molecule has 1 atom stereocenters. The second-order valence-electron chi connectivity index (χ2n) is 4.68. The van der Waals surface area contributed by atoms with Crippen molar-refractivity contribution in [2.75, 3.05) is 0 Å².